The molecule has 0 aromatic heterocycles. The molecule has 124 valence electrons. The van der Waals surface area contributed by atoms with Crippen molar-refractivity contribution < 1.29 is 8.42 Å². The molecule has 2 rings (SSSR count). The summed E-state index contributed by atoms with van der Waals surface area (Å²) in [6, 6.07) is 15.7. The fourth-order valence-electron chi connectivity index (χ4n) is 2.12. The van der Waals surface area contributed by atoms with Crippen molar-refractivity contribution in [3.8, 4) is 0 Å². The zero-order valence-electron chi connectivity index (χ0n) is 14.0. The Bertz CT molecular complexity index is 751. The van der Waals surface area contributed by atoms with Gasteiger partial charge in [-0.3, -0.25) is 0 Å². The van der Waals surface area contributed by atoms with Gasteiger partial charge in [-0.1, -0.05) is 38.1 Å². The minimum atomic E-state index is -3.37. The van der Waals surface area contributed by atoms with Crippen LogP contribution in [0.3, 0.4) is 0 Å². The summed E-state index contributed by atoms with van der Waals surface area (Å²) in [6.07, 6.45) is 0. The van der Waals surface area contributed by atoms with Crippen molar-refractivity contribution in [3.05, 3.63) is 59.7 Å². The van der Waals surface area contributed by atoms with Gasteiger partial charge in [0.2, 0.25) is 10.0 Å². The van der Waals surface area contributed by atoms with Gasteiger partial charge in [-0.05, 0) is 41.3 Å². The summed E-state index contributed by atoms with van der Waals surface area (Å²) in [5.74, 6) is 1.28. The summed E-state index contributed by atoms with van der Waals surface area (Å²) in [4.78, 5) is 1.53. The Morgan fingerprint density at radius 2 is 1.70 bits per heavy atom. The van der Waals surface area contributed by atoms with Gasteiger partial charge >= 0.3 is 0 Å². The molecule has 0 fully saturated rings. The molecular formula is C18H23NO2S2. The van der Waals surface area contributed by atoms with Crippen LogP contribution in [0.4, 0.5) is 0 Å². The average molecular weight is 350 g/mol. The SMILES string of the molecule is CC(C)c1ccc(SCc2cccc(S(=O)(=O)N(C)C)c2)cc1. The zero-order valence-corrected chi connectivity index (χ0v) is 15.6. The smallest absolute Gasteiger partial charge is 0.207 e. The molecule has 0 unspecified atom stereocenters. The van der Waals surface area contributed by atoms with Crippen LogP contribution in [-0.2, 0) is 15.8 Å². The molecule has 3 nitrogen and oxygen atoms in total. The van der Waals surface area contributed by atoms with Gasteiger partial charge in [0.15, 0.2) is 0 Å². The van der Waals surface area contributed by atoms with Crippen LogP contribution in [0, 0.1) is 0 Å². The van der Waals surface area contributed by atoms with E-state index < -0.39 is 10.0 Å². The molecule has 0 N–H and O–H groups in total. The minimum absolute atomic E-state index is 0.343. The molecule has 0 aliphatic rings. The summed E-state index contributed by atoms with van der Waals surface area (Å²) in [7, 11) is -0.276. The van der Waals surface area contributed by atoms with Crippen molar-refractivity contribution in [1.29, 1.82) is 0 Å². The minimum Gasteiger partial charge on any atom is -0.207 e. The Hall–Kier alpha value is -1.30. The van der Waals surface area contributed by atoms with E-state index in [9.17, 15) is 8.42 Å². The van der Waals surface area contributed by atoms with Gasteiger partial charge in [0, 0.05) is 24.7 Å². The fraction of sp³-hybridized carbons (Fsp3) is 0.333. The number of hydrogen-bond donors (Lipinski definition) is 0. The normalized spacial score (nSPS) is 12.1. The second-order valence-corrected chi connectivity index (χ2v) is 9.15. The third kappa shape index (κ3) is 4.59. The first-order valence-corrected chi connectivity index (χ1v) is 9.97. The van der Waals surface area contributed by atoms with E-state index in [2.05, 4.69) is 38.1 Å². The Kier molecular flexibility index (Phi) is 5.89. The maximum atomic E-state index is 12.2. The molecular weight excluding hydrogens is 326 g/mol. The second-order valence-electron chi connectivity index (χ2n) is 5.95. The standard InChI is InChI=1S/C18H23NO2S2/c1-14(2)16-8-10-17(11-9-16)22-13-15-6-5-7-18(12-15)23(20,21)19(3)4/h5-12,14H,13H2,1-4H3. The third-order valence-electron chi connectivity index (χ3n) is 3.63. The summed E-state index contributed by atoms with van der Waals surface area (Å²) in [6.45, 7) is 4.36. The zero-order chi connectivity index (χ0) is 17.0. The van der Waals surface area contributed by atoms with Crippen molar-refractivity contribution >= 4 is 21.8 Å². The van der Waals surface area contributed by atoms with Crippen molar-refractivity contribution in [2.45, 2.75) is 35.3 Å². The van der Waals surface area contributed by atoms with E-state index in [1.54, 1.807) is 44.1 Å². The van der Waals surface area contributed by atoms with Crippen LogP contribution in [0.25, 0.3) is 0 Å². The number of rotatable bonds is 6. The quantitative estimate of drug-likeness (QED) is 0.728. The van der Waals surface area contributed by atoms with E-state index in [-0.39, 0.29) is 0 Å². The molecule has 0 saturated heterocycles. The predicted octanol–water partition coefficient (Wildman–Crippen LogP) is 4.35. The lowest BCUT2D eigenvalue weighted by atomic mass is 10.0. The average Bonchev–Trinajstić information content (AvgIpc) is 2.53. The van der Waals surface area contributed by atoms with Crippen LogP contribution in [-0.4, -0.2) is 26.8 Å². The van der Waals surface area contributed by atoms with E-state index in [1.165, 1.54) is 14.8 Å². The highest BCUT2D eigenvalue weighted by Crippen LogP contribution is 2.26. The van der Waals surface area contributed by atoms with Crippen LogP contribution in [0.5, 0.6) is 0 Å². The largest absolute Gasteiger partial charge is 0.242 e. The van der Waals surface area contributed by atoms with E-state index in [1.807, 2.05) is 6.07 Å². The highest BCUT2D eigenvalue weighted by atomic mass is 32.2. The van der Waals surface area contributed by atoms with E-state index in [0.29, 0.717) is 10.8 Å². The van der Waals surface area contributed by atoms with Crippen LogP contribution in [0.1, 0.15) is 30.9 Å². The number of benzene rings is 2. The molecule has 0 aliphatic heterocycles. The lowest BCUT2D eigenvalue weighted by Gasteiger charge is -2.12. The molecule has 0 bridgehead atoms. The Morgan fingerprint density at radius 1 is 1.04 bits per heavy atom. The highest BCUT2D eigenvalue weighted by Gasteiger charge is 2.17. The maximum Gasteiger partial charge on any atom is 0.242 e. The summed E-state index contributed by atoms with van der Waals surface area (Å²) < 4.78 is 25.6. The molecule has 0 amide bonds. The first-order chi connectivity index (χ1) is 10.8. The molecule has 0 heterocycles. The summed E-state index contributed by atoms with van der Waals surface area (Å²) >= 11 is 1.71. The molecule has 0 saturated carbocycles. The molecule has 5 heteroatoms. The highest BCUT2D eigenvalue weighted by molar-refractivity contribution is 7.98. The van der Waals surface area contributed by atoms with Gasteiger partial charge in [-0.25, -0.2) is 12.7 Å². The number of sulfonamides is 1. The van der Waals surface area contributed by atoms with Gasteiger partial charge in [0.1, 0.15) is 0 Å². The summed E-state index contributed by atoms with van der Waals surface area (Å²) in [5.41, 5.74) is 2.33. The van der Waals surface area contributed by atoms with E-state index >= 15 is 0 Å². The fourth-order valence-corrected chi connectivity index (χ4v) is 3.94. The maximum absolute atomic E-state index is 12.2. The Morgan fingerprint density at radius 3 is 2.26 bits per heavy atom. The number of nitrogens with zero attached hydrogens (tertiary/aromatic N) is 1. The van der Waals surface area contributed by atoms with E-state index in [4.69, 9.17) is 0 Å². The monoisotopic (exact) mass is 349 g/mol. The first kappa shape index (κ1) is 18.0. The molecule has 0 radical (unpaired) electrons. The third-order valence-corrected chi connectivity index (χ3v) is 6.52. The molecule has 23 heavy (non-hydrogen) atoms. The predicted molar refractivity (Wildman–Crippen MR) is 97.4 cm³/mol. The number of hydrogen-bond acceptors (Lipinski definition) is 3. The molecule has 2 aromatic rings. The van der Waals surface area contributed by atoms with Crippen molar-refractivity contribution in [3.63, 3.8) is 0 Å². The van der Waals surface area contributed by atoms with Crippen molar-refractivity contribution in [2.75, 3.05) is 14.1 Å². The molecule has 0 atom stereocenters. The Labute approximate surface area is 143 Å². The first-order valence-electron chi connectivity index (χ1n) is 7.55. The van der Waals surface area contributed by atoms with Gasteiger partial charge < -0.3 is 0 Å². The van der Waals surface area contributed by atoms with Crippen molar-refractivity contribution in [1.82, 2.24) is 4.31 Å². The van der Waals surface area contributed by atoms with Gasteiger partial charge in [0.05, 0.1) is 4.90 Å². The molecule has 0 spiro atoms. The lowest BCUT2D eigenvalue weighted by Crippen LogP contribution is -2.22. The van der Waals surface area contributed by atoms with Crippen molar-refractivity contribution in [2.24, 2.45) is 0 Å². The Balaban J connectivity index is 2.09. The summed E-state index contributed by atoms with van der Waals surface area (Å²) in [5, 5.41) is 0. The molecule has 0 aliphatic carbocycles. The lowest BCUT2D eigenvalue weighted by molar-refractivity contribution is 0.520. The van der Waals surface area contributed by atoms with Crippen LogP contribution in [0.2, 0.25) is 0 Å². The topological polar surface area (TPSA) is 37.4 Å². The van der Waals surface area contributed by atoms with Crippen LogP contribution in [0.15, 0.2) is 58.3 Å². The second kappa shape index (κ2) is 7.51. The molecule has 2 aromatic carbocycles. The van der Waals surface area contributed by atoms with E-state index in [0.717, 1.165) is 11.3 Å². The van der Waals surface area contributed by atoms with Gasteiger partial charge in [-0.15, -0.1) is 11.8 Å². The van der Waals surface area contributed by atoms with Gasteiger partial charge in [-0.2, -0.15) is 0 Å². The number of thioether (sulfide) groups is 1. The van der Waals surface area contributed by atoms with Gasteiger partial charge in [0.25, 0.3) is 0 Å². The van der Waals surface area contributed by atoms with Crippen LogP contribution >= 0.6 is 11.8 Å². The van der Waals surface area contributed by atoms with Crippen LogP contribution < -0.4 is 0 Å².